The van der Waals surface area contributed by atoms with Gasteiger partial charge in [-0.3, -0.25) is 9.69 Å². The van der Waals surface area contributed by atoms with E-state index in [1.165, 1.54) is 10.6 Å². The Balaban J connectivity index is 0.00000196. The molecular formula is C7H15ClN2O4S. The predicted molar refractivity (Wildman–Crippen MR) is 57.7 cm³/mol. The molecule has 0 amide bonds. The van der Waals surface area contributed by atoms with E-state index in [-0.39, 0.29) is 19.0 Å². The van der Waals surface area contributed by atoms with Crippen molar-refractivity contribution in [3.8, 4) is 0 Å². The molecule has 1 saturated heterocycles. The molecule has 0 aliphatic carbocycles. The molecule has 0 unspecified atom stereocenters. The van der Waals surface area contributed by atoms with Crippen LogP contribution >= 0.6 is 12.4 Å². The smallest absolute Gasteiger partial charge is 0.317 e. The van der Waals surface area contributed by atoms with Crippen LogP contribution in [0.25, 0.3) is 0 Å². The van der Waals surface area contributed by atoms with Gasteiger partial charge in [0.1, 0.15) is 0 Å². The van der Waals surface area contributed by atoms with Gasteiger partial charge >= 0.3 is 5.97 Å². The number of hydrogen-bond acceptors (Lipinski definition) is 4. The monoisotopic (exact) mass is 258 g/mol. The largest absolute Gasteiger partial charge is 0.480 e. The molecule has 1 N–H and O–H groups in total. The fourth-order valence-electron chi connectivity index (χ4n) is 1.41. The second kappa shape index (κ2) is 5.64. The first kappa shape index (κ1) is 14.6. The second-order valence-corrected chi connectivity index (χ2v) is 5.31. The first-order chi connectivity index (χ1) is 6.39. The Morgan fingerprint density at radius 1 is 1.27 bits per heavy atom. The van der Waals surface area contributed by atoms with Gasteiger partial charge in [0.05, 0.1) is 12.8 Å². The van der Waals surface area contributed by atoms with Gasteiger partial charge in [0.15, 0.2) is 0 Å². The number of nitrogens with zero attached hydrogens (tertiary/aromatic N) is 2. The van der Waals surface area contributed by atoms with Crippen LogP contribution in [-0.4, -0.2) is 67.7 Å². The molecule has 0 aromatic heterocycles. The van der Waals surface area contributed by atoms with E-state index < -0.39 is 16.0 Å². The molecular weight excluding hydrogens is 244 g/mol. The Labute approximate surface area is 95.3 Å². The number of halogens is 1. The van der Waals surface area contributed by atoms with Crippen LogP contribution in [0.1, 0.15) is 0 Å². The van der Waals surface area contributed by atoms with E-state index in [2.05, 4.69) is 0 Å². The number of rotatable bonds is 3. The summed E-state index contributed by atoms with van der Waals surface area (Å²) in [6.45, 7) is 1.72. The van der Waals surface area contributed by atoms with Crippen LogP contribution in [-0.2, 0) is 14.8 Å². The standard InChI is InChI=1S/C7H14N2O4S.ClH/c1-14(12,13)9-4-2-8(3-5-9)6-7(10)11;/h2-6H2,1H3,(H,10,11);1H. The van der Waals surface area contributed by atoms with Gasteiger partial charge in [0.2, 0.25) is 10.0 Å². The lowest BCUT2D eigenvalue weighted by Crippen LogP contribution is -2.49. The van der Waals surface area contributed by atoms with E-state index >= 15 is 0 Å². The highest BCUT2D eigenvalue weighted by molar-refractivity contribution is 7.88. The zero-order valence-corrected chi connectivity index (χ0v) is 10.1. The first-order valence-corrected chi connectivity index (χ1v) is 6.13. The summed E-state index contributed by atoms with van der Waals surface area (Å²) >= 11 is 0. The van der Waals surface area contributed by atoms with Gasteiger partial charge < -0.3 is 5.11 Å². The highest BCUT2D eigenvalue weighted by Gasteiger charge is 2.23. The molecule has 1 heterocycles. The number of carboxylic acid groups (broad SMARTS) is 1. The molecule has 1 aliphatic rings. The molecule has 0 aromatic rings. The first-order valence-electron chi connectivity index (χ1n) is 4.29. The Bertz CT molecular complexity index is 311. The Kier molecular flexibility index (Phi) is 5.50. The van der Waals surface area contributed by atoms with Crippen molar-refractivity contribution < 1.29 is 18.3 Å². The van der Waals surface area contributed by atoms with Crippen molar-refractivity contribution in [2.45, 2.75) is 0 Å². The quantitative estimate of drug-likeness (QED) is 0.708. The number of sulfonamides is 1. The predicted octanol–water partition coefficient (Wildman–Crippen LogP) is -0.930. The average molecular weight is 259 g/mol. The fourth-order valence-corrected chi connectivity index (χ4v) is 2.24. The molecule has 0 saturated carbocycles. The van der Waals surface area contributed by atoms with Gasteiger partial charge in [-0.2, -0.15) is 4.31 Å². The van der Waals surface area contributed by atoms with Crippen LogP contribution in [0.2, 0.25) is 0 Å². The van der Waals surface area contributed by atoms with E-state index in [1.54, 1.807) is 4.90 Å². The van der Waals surface area contributed by atoms with Crippen LogP contribution in [0.3, 0.4) is 0 Å². The van der Waals surface area contributed by atoms with Crippen LogP contribution in [0, 0.1) is 0 Å². The van der Waals surface area contributed by atoms with Gasteiger partial charge in [-0.1, -0.05) is 0 Å². The Morgan fingerprint density at radius 2 is 1.73 bits per heavy atom. The molecule has 0 bridgehead atoms. The third-order valence-corrected chi connectivity index (χ3v) is 3.46. The van der Waals surface area contributed by atoms with E-state index in [9.17, 15) is 13.2 Å². The molecule has 0 radical (unpaired) electrons. The zero-order valence-electron chi connectivity index (χ0n) is 8.42. The molecule has 0 atom stereocenters. The maximum absolute atomic E-state index is 11.1. The summed E-state index contributed by atoms with van der Waals surface area (Å²) in [4.78, 5) is 12.1. The van der Waals surface area contributed by atoms with Crippen molar-refractivity contribution in [2.24, 2.45) is 0 Å². The van der Waals surface area contributed by atoms with Gasteiger partial charge in [-0.05, 0) is 0 Å². The summed E-state index contributed by atoms with van der Waals surface area (Å²) in [5, 5.41) is 8.52. The minimum absolute atomic E-state index is 0. The highest BCUT2D eigenvalue weighted by atomic mass is 35.5. The van der Waals surface area contributed by atoms with Crippen molar-refractivity contribution >= 4 is 28.4 Å². The van der Waals surface area contributed by atoms with E-state index in [4.69, 9.17) is 5.11 Å². The summed E-state index contributed by atoms with van der Waals surface area (Å²) in [5.74, 6) is -0.877. The molecule has 6 nitrogen and oxygen atoms in total. The molecule has 1 rings (SSSR count). The van der Waals surface area contributed by atoms with Crippen molar-refractivity contribution in [3.05, 3.63) is 0 Å². The van der Waals surface area contributed by atoms with Gasteiger partial charge in [0, 0.05) is 26.2 Å². The minimum Gasteiger partial charge on any atom is -0.480 e. The normalized spacial score (nSPS) is 19.5. The van der Waals surface area contributed by atoms with Crippen LogP contribution in [0.4, 0.5) is 0 Å². The lowest BCUT2D eigenvalue weighted by atomic mass is 10.3. The number of hydrogen-bond donors (Lipinski definition) is 1. The average Bonchev–Trinajstić information content (AvgIpc) is 2.02. The lowest BCUT2D eigenvalue weighted by Gasteiger charge is -2.31. The van der Waals surface area contributed by atoms with Crippen molar-refractivity contribution in [2.75, 3.05) is 39.0 Å². The van der Waals surface area contributed by atoms with Crippen LogP contribution in [0.5, 0.6) is 0 Å². The number of carbonyl (C=O) groups is 1. The number of carboxylic acids is 1. The summed E-state index contributed by atoms with van der Waals surface area (Å²) < 4.78 is 23.6. The fraction of sp³-hybridized carbons (Fsp3) is 0.857. The highest BCUT2D eigenvalue weighted by Crippen LogP contribution is 2.05. The summed E-state index contributed by atoms with van der Waals surface area (Å²) in [6, 6.07) is 0. The van der Waals surface area contributed by atoms with Crippen molar-refractivity contribution in [1.29, 1.82) is 0 Å². The Hall–Kier alpha value is -0.370. The maximum Gasteiger partial charge on any atom is 0.317 e. The van der Waals surface area contributed by atoms with Crippen molar-refractivity contribution in [3.63, 3.8) is 0 Å². The molecule has 15 heavy (non-hydrogen) atoms. The number of piperazine rings is 1. The van der Waals surface area contributed by atoms with Gasteiger partial charge in [0.25, 0.3) is 0 Å². The summed E-state index contributed by atoms with van der Waals surface area (Å²) in [5.41, 5.74) is 0. The van der Waals surface area contributed by atoms with Crippen LogP contribution in [0.15, 0.2) is 0 Å². The van der Waals surface area contributed by atoms with Crippen LogP contribution < -0.4 is 0 Å². The molecule has 0 spiro atoms. The molecule has 1 aliphatic heterocycles. The summed E-state index contributed by atoms with van der Waals surface area (Å²) in [6.07, 6.45) is 1.17. The molecule has 1 fully saturated rings. The lowest BCUT2D eigenvalue weighted by molar-refractivity contribution is -0.138. The van der Waals surface area contributed by atoms with E-state index in [1.807, 2.05) is 0 Å². The molecule has 90 valence electrons. The maximum atomic E-state index is 11.1. The third-order valence-electron chi connectivity index (χ3n) is 2.16. The minimum atomic E-state index is -3.12. The SMILES string of the molecule is CS(=O)(=O)N1CCN(CC(=O)O)CC1.Cl. The molecule has 8 heteroatoms. The number of aliphatic carboxylic acids is 1. The van der Waals surface area contributed by atoms with E-state index in [0.717, 1.165) is 0 Å². The van der Waals surface area contributed by atoms with Gasteiger partial charge in [-0.25, -0.2) is 8.42 Å². The molecule has 0 aromatic carbocycles. The topological polar surface area (TPSA) is 77.9 Å². The zero-order chi connectivity index (χ0) is 10.8. The van der Waals surface area contributed by atoms with E-state index in [0.29, 0.717) is 26.2 Å². The van der Waals surface area contributed by atoms with Crippen molar-refractivity contribution in [1.82, 2.24) is 9.21 Å². The second-order valence-electron chi connectivity index (χ2n) is 3.33. The summed E-state index contributed by atoms with van der Waals surface area (Å²) in [7, 11) is -3.12. The third kappa shape index (κ3) is 4.78. The van der Waals surface area contributed by atoms with Gasteiger partial charge in [-0.15, -0.1) is 12.4 Å². The Morgan fingerprint density at radius 3 is 2.07 bits per heavy atom.